The highest BCUT2D eigenvalue weighted by Gasteiger charge is 2.21. The van der Waals surface area contributed by atoms with E-state index < -0.39 is 12.0 Å². The standard InChI is InChI=1S/C13H18N2O3S/c1-8(2)11(12(16)17)7-19-10-5-3-9(4-6-10)15-13(14)18/h3-6,8,11H,7H2,1-2H3,(H,16,17)(H3,14,15,18). The van der Waals surface area contributed by atoms with Crippen LogP contribution in [0, 0.1) is 11.8 Å². The number of aliphatic carboxylic acids is 1. The van der Waals surface area contributed by atoms with Crippen molar-refractivity contribution in [1.29, 1.82) is 0 Å². The smallest absolute Gasteiger partial charge is 0.316 e. The zero-order chi connectivity index (χ0) is 14.4. The lowest BCUT2D eigenvalue weighted by Crippen LogP contribution is -2.22. The molecule has 0 aliphatic heterocycles. The molecule has 1 rings (SSSR count). The van der Waals surface area contributed by atoms with E-state index in [2.05, 4.69) is 5.32 Å². The van der Waals surface area contributed by atoms with Gasteiger partial charge < -0.3 is 16.2 Å². The Morgan fingerprint density at radius 3 is 2.32 bits per heavy atom. The lowest BCUT2D eigenvalue weighted by Gasteiger charge is -2.15. The second-order valence-corrected chi connectivity index (χ2v) is 5.61. The van der Waals surface area contributed by atoms with E-state index >= 15 is 0 Å². The van der Waals surface area contributed by atoms with Gasteiger partial charge in [0.25, 0.3) is 0 Å². The summed E-state index contributed by atoms with van der Waals surface area (Å²) >= 11 is 1.49. The first-order valence-corrected chi connectivity index (χ1v) is 6.91. The summed E-state index contributed by atoms with van der Waals surface area (Å²) in [7, 11) is 0. The predicted molar refractivity (Wildman–Crippen MR) is 76.3 cm³/mol. The van der Waals surface area contributed by atoms with E-state index in [0.717, 1.165) is 4.90 Å². The minimum Gasteiger partial charge on any atom is -0.481 e. The van der Waals surface area contributed by atoms with Crippen molar-refractivity contribution in [3.8, 4) is 0 Å². The SMILES string of the molecule is CC(C)C(CSc1ccc(NC(N)=O)cc1)C(=O)O. The minimum absolute atomic E-state index is 0.0980. The second-order valence-electron chi connectivity index (χ2n) is 4.51. The lowest BCUT2D eigenvalue weighted by atomic mass is 9.98. The van der Waals surface area contributed by atoms with Crippen LogP contribution in [0.2, 0.25) is 0 Å². The predicted octanol–water partition coefficient (Wildman–Crippen LogP) is 2.63. The number of carbonyl (C=O) groups is 2. The maximum Gasteiger partial charge on any atom is 0.316 e. The first-order chi connectivity index (χ1) is 8.90. The molecule has 1 aromatic carbocycles. The number of hydrogen-bond donors (Lipinski definition) is 3. The van der Waals surface area contributed by atoms with Crippen LogP contribution in [0.25, 0.3) is 0 Å². The molecule has 0 saturated heterocycles. The fraction of sp³-hybridized carbons (Fsp3) is 0.385. The summed E-state index contributed by atoms with van der Waals surface area (Å²) in [6.07, 6.45) is 0. The average Bonchev–Trinajstić information content (AvgIpc) is 2.29. The number of rotatable bonds is 6. The van der Waals surface area contributed by atoms with Gasteiger partial charge in [-0.05, 0) is 30.2 Å². The van der Waals surface area contributed by atoms with Crippen LogP contribution >= 0.6 is 11.8 Å². The molecule has 4 N–H and O–H groups in total. The molecule has 1 unspecified atom stereocenters. The quantitative estimate of drug-likeness (QED) is 0.699. The van der Waals surface area contributed by atoms with Gasteiger partial charge in [0, 0.05) is 16.3 Å². The largest absolute Gasteiger partial charge is 0.481 e. The van der Waals surface area contributed by atoms with E-state index in [9.17, 15) is 9.59 Å². The molecule has 0 spiro atoms. The van der Waals surface area contributed by atoms with Gasteiger partial charge in [0.05, 0.1) is 5.92 Å². The molecule has 0 radical (unpaired) electrons. The number of primary amides is 1. The third-order valence-electron chi connectivity index (χ3n) is 2.67. The van der Waals surface area contributed by atoms with Crippen LogP contribution in [0.4, 0.5) is 10.5 Å². The number of hydrogen-bond acceptors (Lipinski definition) is 3. The van der Waals surface area contributed by atoms with Crippen molar-refractivity contribution in [3.05, 3.63) is 24.3 Å². The van der Waals surface area contributed by atoms with Gasteiger partial charge >= 0.3 is 12.0 Å². The first kappa shape index (κ1) is 15.4. The van der Waals surface area contributed by atoms with Crippen LogP contribution in [0.15, 0.2) is 29.2 Å². The number of carbonyl (C=O) groups excluding carboxylic acids is 1. The van der Waals surface area contributed by atoms with Gasteiger partial charge in [-0.3, -0.25) is 4.79 Å². The fourth-order valence-corrected chi connectivity index (χ4v) is 2.74. The lowest BCUT2D eigenvalue weighted by molar-refractivity contribution is -0.142. The molecule has 0 fully saturated rings. The summed E-state index contributed by atoms with van der Waals surface area (Å²) in [6.45, 7) is 3.80. The van der Waals surface area contributed by atoms with Crippen molar-refractivity contribution in [2.75, 3.05) is 11.1 Å². The van der Waals surface area contributed by atoms with E-state index in [0.29, 0.717) is 11.4 Å². The molecule has 0 bridgehead atoms. The minimum atomic E-state index is -0.769. The Morgan fingerprint density at radius 2 is 1.89 bits per heavy atom. The third kappa shape index (κ3) is 5.21. The van der Waals surface area contributed by atoms with Crippen LogP contribution in [0.3, 0.4) is 0 Å². The number of urea groups is 1. The Balaban J connectivity index is 2.58. The van der Waals surface area contributed by atoms with Crippen molar-refractivity contribution in [3.63, 3.8) is 0 Å². The van der Waals surface area contributed by atoms with E-state index in [-0.39, 0.29) is 11.8 Å². The maximum absolute atomic E-state index is 11.1. The number of nitrogens with one attached hydrogen (secondary N) is 1. The van der Waals surface area contributed by atoms with Crippen LogP contribution in [0.5, 0.6) is 0 Å². The molecular formula is C13H18N2O3S. The summed E-state index contributed by atoms with van der Waals surface area (Å²) in [6, 6.07) is 6.52. The van der Waals surface area contributed by atoms with Crippen LogP contribution in [-0.4, -0.2) is 22.9 Å². The Kier molecular flexibility index (Phi) is 5.69. The molecule has 5 nitrogen and oxygen atoms in total. The molecule has 0 aliphatic rings. The summed E-state index contributed by atoms with van der Waals surface area (Å²) in [4.78, 5) is 22.7. The monoisotopic (exact) mass is 282 g/mol. The highest BCUT2D eigenvalue weighted by molar-refractivity contribution is 7.99. The molecule has 1 aromatic rings. The van der Waals surface area contributed by atoms with Crippen LogP contribution in [0.1, 0.15) is 13.8 Å². The molecule has 0 saturated carbocycles. The Hall–Kier alpha value is -1.69. The molecule has 6 heteroatoms. The van der Waals surface area contributed by atoms with Gasteiger partial charge in [0.15, 0.2) is 0 Å². The number of carboxylic acids is 1. The van der Waals surface area contributed by atoms with Crippen molar-refractivity contribution in [2.45, 2.75) is 18.7 Å². The number of anilines is 1. The zero-order valence-electron chi connectivity index (χ0n) is 10.9. The van der Waals surface area contributed by atoms with E-state index in [1.165, 1.54) is 11.8 Å². The maximum atomic E-state index is 11.1. The van der Waals surface area contributed by atoms with Gasteiger partial charge in [-0.15, -0.1) is 11.8 Å². The van der Waals surface area contributed by atoms with E-state index in [1.807, 2.05) is 26.0 Å². The highest BCUT2D eigenvalue weighted by atomic mass is 32.2. The molecular weight excluding hydrogens is 264 g/mol. The van der Waals surface area contributed by atoms with Gasteiger partial charge in [0.1, 0.15) is 0 Å². The highest BCUT2D eigenvalue weighted by Crippen LogP contribution is 2.25. The molecule has 2 amide bonds. The summed E-state index contributed by atoms with van der Waals surface area (Å²) in [5, 5.41) is 11.6. The van der Waals surface area contributed by atoms with Crippen molar-refractivity contribution >= 4 is 29.4 Å². The summed E-state index contributed by atoms with van der Waals surface area (Å²) in [5.74, 6) is -0.515. The zero-order valence-corrected chi connectivity index (χ0v) is 11.7. The van der Waals surface area contributed by atoms with Crippen LogP contribution in [-0.2, 0) is 4.79 Å². The summed E-state index contributed by atoms with van der Waals surface area (Å²) < 4.78 is 0. The number of nitrogens with two attached hydrogens (primary N) is 1. The van der Waals surface area contributed by atoms with Gasteiger partial charge in [-0.2, -0.15) is 0 Å². The van der Waals surface area contributed by atoms with E-state index in [1.54, 1.807) is 12.1 Å². The van der Waals surface area contributed by atoms with Gasteiger partial charge in [0.2, 0.25) is 0 Å². The van der Waals surface area contributed by atoms with Crippen molar-refractivity contribution in [1.82, 2.24) is 0 Å². The van der Waals surface area contributed by atoms with Crippen molar-refractivity contribution in [2.24, 2.45) is 17.6 Å². The average molecular weight is 282 g/mol. The van der Waals surface area contributed by atoms with Gasteiger partial charge in [-0.1, -0.05) is 13.8 Å². The molecule has 104 valence electrons. The third-order valence-corrected chi connectivity index (χ3v) is 3.80. The molecule has 0 aromatic heterocycles. The summed E-state index contributed by atoms with van der Waals surface area (Å²) in [5.41, 5.74) is 5.63. The van der Waals surface area contributed by atoms with Crippen molar-refractivity contribution < 1.29 is 14.7 Å². The number of carboxylic acid groups (broad SMARTS) is 1. The first-order valence-electron chi connectivity index (χ1n) is 5.92. The van der Waals surface area contributed by atoms with Crippen LogP contribution < -0.4 is 11.1 Å². The Labute approximate surface area is 116 Å². The molecule has 0 aliphatic carbocycles. The molecule has 0 heterocycles. The number of benzene rings is 1. The number of thioether (sulfide) groups is 1. The van der Waals surface area contributed by atoms with Gasteiger partial charge in [-0.25, -0.2) is 4.79 Å². The molecule has 1 atom stereocenters. The van der Waals surface area contributed by atoms with E-state index in [4.69, 9.17) is 10.8 Å². The normalized spacial score (nSPS) is 12.2. The fourth-order valence-electron chi connectivity index (χ4n) is 1.51. The second kappa shape index (κ2) is 7.04. The molecule has 19 heavy (non-hydrogen) atoms. The topological polar surface area (TPSA) is 92.4 Å². The Bertz CT molecular complexity index is 446. The number of amides is 2. The Morgan fingerprint density at radius 1 is 1.32 bits per heavy atom.